The van der Waals surface area contributed by atoms with Gasteiger partial charge in [0.05, 0.1) is 0 Å². The average Bonchev–Trinajstić information content (AvgIpc) is 2.09. The van der Waals surface area contributed by atoms with E-state index in [1.165, 1.54) is 19.3 Å². The summed E-state index contributed by atoms with van der Waals surface area (Å²) in [4.78, 5) is 10.7. The molecule has 0 unspecified atom stereocenters. The van der Waals surface area contributed by atoms with Crippen LogP contribution in [0.15, 0.2) is 24.5 Å². The zero-order chi connectivity index (χ0) is 9.56. The van der Waals surface area contributed by atoms with Crippen LogP contribution in [0.3, 0.4) is 0 Å². The SMILES string of the molecule is CC.CC(=O)c1cc[n+](O)cc1. The molecule has 12 heavy (non-hydrogen) atoms. The summed E-state index contributed by atoms with van der Waals surface area (Å²) < 4.78 is 0.895. The van der Waals surface area contributed by atoms with Crippen molar-refractivity contribution >= 4 is 5.78 Å². The number of rotatable bonds is 1. The van der Waals surface area contributed by atoms with Gasteiger partial charge >= 0.3 is 0 Å². The first-order chi connectivity index (χ1) is 5.70. The third-order valence-corrected chi connectivity index (χ3v) is 1.22. The maximum atomic E-state index is 10.7. The number of carbonyl (C=O) groups excluding carboxylic acids is 1. The summed E-state index contributed by atoms with van der Waals surface area (Å²) in [6.07, 6.45) is 2.83. The van der Waals surface area contributed by atoms with E-state index in [0.29, 0.717) is 5.56 Å². The monoisotopic (exact) mass is 168 g/mol. The van der Waals surface area contributed by atoms with E-state index in [4.69, 9.17) is 5.21 Å². The first-order valence-corrected chi connectivity index (χ1v) is 3.91. The second kappa shape index (κ2) is 5.29. The minimum absolute atomic E-state index is 0.000556. The minimum Gasteiger partial charge on any atom is -0.295 e. The van der Waals surface area contributed by atoms with Crippen LogP contribution in [0, 0.1) is 0 Å². The summed E-state index contributed by atoms with van der Waals surface area (Å²) in [5.41, 5.74) is 0.602. The number of aromatic nitrogens is 1. The molecule has 1 aromatic heterocycles. The fourth-order valence-electron chi connectivity index (χ4n) is 0.653. The van der Waals surface area contributed by atoms with Crippen LogP contribution in [0.4, 0.5) is 0 Å². The van der Waals surface area contributed by atoms with Crippen molar-refractivity contribution in [3.8, 4) is 0 Å². The number of pyridine rings is 1. The molecule has 0 aliphatic rings. The molecular weight excluding hydrogens is 154 g/mol. The second-order valence-electron chi connectivity index (χ2n) is 2.02. The highest BCUT2D eigenvalue weighted by molar-refractivity contribution is 5.93. The van der Waals surface area contributed by atoms with Crippen LogP contribution in [0.5, 0.6) is 0 Å². The van der Waals surface area contributed by atoms with Gasteiger partial charge in [0.1, 0.15) is 0 Å². The van der Waals surface area contributed by atoms with Crippen molar-refractivity contribution in [2.45, 2.75) is 20.8 Å². The fraction of sp³-hybridized carbons (Fsp3) is 0.333. The van der Waals surface area contributed by atoms with Crippen LogP contribution in [0.1, 0.15) is 31.1 Å². The van der Waals surface area contributed by atoms with Gasteiger partial charge in [-0.1, -0.05) is 13.8 Å². The maximum absolute atomic E-state index is 10.7. The molecule has 0 saturated carbocycles. The Hall–Kier alpha value is -1.38. The molecule has 3 nitrogen and oxygen atoms in total. The average molecular weight is 168 g/mol. The van der Waals surface area contributed by atoms with Crippen molar-refractivity contribution < 1.29 is 14.7 Å². The van der Waals surface area contributed by atoms with Gasteiger partial charge in [-0.05, 0) is 6.92 Å². The molecule has 0 bridgehead atoms. The number of hydrogen-bond acceptors (Lipinski definition) is 2. The van der Waals surface area contributed by atoms with Gasteiger partial charge < -0.3 is 0 Å². The van der Waals surface area contributed by atoms with Gasteiger partial charge in [-0.2, -0.15) is 0 Å². The Morgan fingerprint density at radius 2 is 1.75 bits per heavy atom. The van der Waals surface area contributed by atoms with E-state index < -0.39 is 0 Å². The molecular formula is C9H14NO2+. The lowest BCUT2D eigenvalue weighted by molar-refractivity contribution is -0.904. The molecule has 0 amide bonds. The summed E-state index contributed by atoms with van der Waals surface area (Å²) in [7, 11) is 0. The number of carbonyl (C=O) groups is 1. The zero-order valence-corrected chi connectivity index (χ0v) is 7.61. The number of Topliss-reactive ketones (excluding diaryl/α,β-unsaturated/α-hetero) is 1. The number of ketones is 1. The van der Waals surface area contributed by atoms with Crippen molar-refractivity contribution in [3.05, 3.63) is 30.1 Å². The van der Waals surface area contributed by atoms with E-state index in [2.05, 4.69) is 0 Å². The lowest BCUT2D eigenvalue weighted by Crippen LogP contribution is -2.28. The van der Waals surface area contributed by atoms with E-state index in [1.54, 1.807) is 12.1 Å². The Labute approximate surface area is 72.2 Å². The summed E-state index contributed by atoms with van der Waals surface area (Å²) in [5.74, 6) is 0.000556. The number of hydrogen-bond donors (Lipinski definition) is 1. The largest absolute Gasteiger partial charge is 0.295 e. The van der Waals surface area contributed by atoms with Crippen LogP contribution in [0.2, 0.25) is 0 Å². The Balaban J connectivity index is 0.000000561. The molecule has 0 aliphatic carbocycles. The van der Waals surface area contributed by atoms with Crippen LogP contribution >= 0.6 is 0 Å². The van der Waals surface area contributed by atoms with Gasteiger partial charge in [0.2, 0.25) is 12.4 Å². The van der Waals surface area contributed by atoms with E-state index in [9.17, 15) is 4.79 Å². The molecule has 1 heterocycles. The first-order valence-electron chi connectivity index (χ1n) is 3.91. The molecule has 1 N–H and O–H groups in total. The molecule has 0 aromatic carbocycles. The second-order valence-corrected chi connectivity index (χ2v) is 2.02. The van der Waals surface area contributed by atoms with Gasteiger partial charge in [0.15, 0.2) is 5.78 Å². The molecule has 3 heteroatoms. The smallest absolute Gasteiger partial charge is 0.222 e. The molecule has 0 fully saturated rings. The topological polar surface area (TPSA) is 41.2 Å². The first kappa shape index (κ1) is 10.6. The third-order valence-electron chi connectivity index (χ3n) is 1.22. The Morgan fingerprint density at radius 1 is 1.33 bits per heavy atom. The van der Waals surface area contributed by atoms with Crippen molar-refractivity contribution in [1.29, 1.82) is 0 Å². The Kier molecular flexibility index (Phi) is 4.69. The minimum atomic E-state index is 0.000556. The predicted octanol–water partition coefficient (Wildman–Crippen LogP) is 1.44. The summed E-state index contributed by atoms with van der Waals surface area (Å²) in [6, 6.07) is 3.12. The van der Waals surface area contributed by atoms with Crippen LogP contribution in [-0.2, 0) is 0 Å². The molecule has 0 aliphatic heterocycles. The Morgan fingerprint density at radius 3 is 2.08 bits per heavy atom. The lowest BCUT2D eigenvalue weighted by Gasteiger charge is -1.88. The molecule has 0 atom stereocenters. The van der Waals surface area contributed by atoms with Crippen LogP contribution in [-0.4, -0.2) is 11.0 Å². The van der Waals surface area contributed by atoms with Gasteiger partial charge in [-0.25, -0.2) is 0 Å². The maximum Gasteiger partial charge on any atom is 0.222 e. The van der Waals surface area contributed by atoms with Crippen molar-refractivity contribution in [2.75, 3.05) is 0 Å². The van der Waals surface area contributed by atoms with Crippen molar-refractivity contribution in [3.63, 3.8) is 0 Å². The van der Waals surface area contributed by atoms with Crippen LogP contribution < -0.4 is 4.73 Å². The van der Waals surface area contributed by atoms with E-state index in [1.807, 2.05) is 13.8 Å². The van der Waals surface area contributed by atoms with E-state index in [0.717, 1.165) is 4.73 Å². The molecule has 66 valence electrons. The van der Waals surface area contributed by atoms with Gasteiger partial charge in [0.25, 0.3) is 0 Å². The lowest BCUT2D eigenvalue weighted by atomic mass is 10.2. The quantitative estimate of drug-likeness (QED) is 0.391. The fourth-order valence-corrected chi connectivity index (χ4v) is 0.653. The number of nitrogens with zero attached hydrogens (tertiary/aromatic N) is 1. The van der Waals surface area contributed by atoms with Crippen molar-refractivity contribution in [1.82, 2.24) is 0 Å². The van der Waals surface area contributed by atoms with Crippen LogP contribution in [0.25, 0.3) is 0 Å². The molecule has 1 aromatic rings. The standard InChI is InChI=1S/C7H8NO2.C2H6/c1-6(9)7-2-4-8(10)5-3-7;1-2/h2-5,10H,1H3;1-2H3/q+1;. The molecule has 1 rings (SSSR count). The summed E-state index contributed by atoms with van der Waals surface area (Å²) >= 11 is 0. The normalized spacial score (nSPS) is 8.25. The molecule has 0 saturated heterocycles. The highest BCUT2D eigenvalue weighted by atomic mass is 16.5. The zero-order valence-electron chi connectivity index (χ0n) is 7.61. The summed E-state index contributed by atoms with van der Waals surface area (Å²) in [5, 5.41) is 8.74. The third kappa shape index (κ3) is 3.14. The van der Waals surface area contributed by atoms with E-state index >= 15 is 0 Å². The van der Waals surface area contributed by atoms with Gasteiger partial charge in [-0.15, -0.1) is 0 Å². The predicted molar refractivity (Wildman–Crippen MR) is 45.2 cm³/mol. The van der Waals surface area contributed by atoms with E-state index in [-0.39, 0.29) is 5.78 Å². The molecule has 0 spiro atoms. The van der Waals surface area contributed by atoms with Gasteiger partial charge in [-0.3, -0.25) is 10.0 Å². The summed E-state index contributed by atoms with van der Waals surface area (Å²) in [6.45, 7) is 5.48. The highest BCUT2D eigenvalue weighted by Gasteiger charge is 2.00. The Bertz CT molecular complexity index is 241. The van der Waals surface area contributed by atoms with Gasteiger partial charge in [0, 0.05) is 22.4 Å². The highest BCUT2D eigenvalue weighted by Crippen LogP contribution is 1.94. The van der Waals surface area contributed by atoms with Crippen molar-refractivity contribution in [2.24, 2.45) is 0 Å². The molecule has 0 radical (unpaired) electrons.